The van der Waals surface area contributed by atoms with Gasteiger partial charge in [-0.2, -0.15) is 5.10 Å². The summed E-state index contributed by atoms with van der Waals surface area (Å²) in [5, 5.41) is 18.1. The van der Waals surface area contributed by atoms with Crippen LogP contribution in [0.15, 0.2) is 52.5 Å². The van der Waals surface area contributed by atoms with Crippen LogP contribution in [0, 0.1) is 36.0 Å². The number of ether oxygens (including phenoxy) is 1. The Morgan fingerprint density at radius 3 is 2.58 bits per heavy atom. The smallest absolute Gasteiger partial charge is 0.242 e. The number of carbonyl (C=O) groups excluding carboxylic acids is 4. The summed E-state index contributed by atoms with van der Waals surface area (Å²) in [7, 11) is 3.16. The summed E-state index contributed by atoms with van der Waals surface area (Å²) in [4.78, 5) is 60.4. The Hall–Kier alpha value is -4.00. The van der Waals surface area contributed by atoms with Crippen LogP contribution in [0.3, 0.4) is 0 Å². The highest BCUT2D eigenvalue weighted by atomic mass is 79.9. The van der Waals surface area contributed by atoms with Gasteiger partial charge in [-0.25, -0.2) is 4.90 Å². The monoisotopic (exact) mass is 776 g/mol. The largest absolute Gasteiger partial charge is 0.504 e. The molecule has 2 aliphatic carbocycles. The lowest BCUT2D eigenvalue weighted by atomic mass is 9.51. The number of fused-ring (bicyclic) bond motifs is 5. The lowest BCUT2D eigenvalue weighted by molar-refractivity contribution is -0.140. The fourth-order valence-electron chi connectivity index (χ4n) is 9.14. The van der Waals surface area contributed by atoms with E-state index < -0.39 is 46.8 Å². The normalized spacial score (nSPS) is 27.6. The quantitative estimate of drug-likeness (QED) is 0.171. The number of imide groups is 2. The van der Waals surface area contributed by atoms with Gasteiger partial charge in [-0.05, 0) is 80.8 Å². The lowest BCUT2D eigenvalue weighted by Crippen LogP contribution is -2.49. The number of benzene rings is 2. The highest BCUT2D eigenvalue weighted by Crippen LogP contribution is 2.65. The molecule has 4 aromatic rings. The number of hydrogen-bond acceptors (Lipinski definition) is 8. The zero-order valence-corrected chi connectivity index (χ0v) is 31.1. The minimum atomic E-state index is -1.35. The van der Waals surface area contributed by atoms with Crippen molar-refractivity contribution in [3.8, 4) is 22.1 Å². The Labute approximate surface area is 305 Å². The number of rotatable bonds is 5. The van der Waals surface area contributed by atoms with Crippen molar-refractivity contribution in [1.29, 1.82) is 0 Å². The zero-order valence-electron chi connectivity index (χ0n) is 28.0. The number of methoxy groups -OCH3 is 1. The van der Waals surface area contributed by atoms with Gasteiger partial charge in [0.25, 0.3) is 0 Å². The first-order chi connectivity index (χ1) is 23.8. The van der Waals surface area contributed by atoms with E-state index in [1.54, 1.807) is 55.1 Å². The summed E-state index contributed by atoms with van der Waals surface area (Å²) in [5.41, 5.74) is 1.47. The SMILES string of the molecule is CCN1C(=O)C2CC=C3C(CC4C(=O)N(c5cc(-c6sc7ccc(Cl)cc7c6C)nn5C)C(=O)C4(C)C3c3cc(Br)cc(OC)c3O)C2C1=O. The van der Waals surface area contributed by atoms with E-state index in [1.165, 1.54) is 16.9 Å². The minimum Gasteiger partial charge on any atom is -0.504 e. The molecule has 13 heteroatoms. The predicted molar refractivity (Wildman–Crippen MR) is 193 cm³/mol. The first-order valence-electron chi connectivity index (χ1n) is 16.5. The van der Waals surface area contributed by atoms with E-state index in [4.69, 9.17) is 21.4 Å². The van der Waals surface area contributed by atoms with Crippen LogP contribution in [0.1, 0.15) is 43.7 Å². The van der Waals surface area contributed by atoms with Crippen LogP contribution in [-0.2, 0) is 26.2 Å². The molecule has 4 heterocycles. The maximum Gasteiger partial charge on any atom is 0.242 e. The number of aryl methyl sites for hydroxylation is 2. The molecule has 50 heavy (non-hydrogen) atoms. The van der Waals surface area contributed by atoms with Crippen LogP contribution < -0.4 is 9.64 Å². The van der Waals surface area contributed by atoms with Crippen molar-refractivity contribution >= 4 is 78.4 Å². The predicted octanol–water partition coefficient (Wildman–Crippen LogP) is 6.99. The molecule has 0 spiro atoms. The lowest BCUT2D eigenvalue weighted by Gasteiger charge is -2.49. The highest BCUT2D eigenvalue weighted by molar-refractivity contribution is 9.10. The minimum absolute atomic E-state index is 0.143. The van der Waals surface area contributed by atoms with Crippen molar-refractivity contribution in [2.45, 2.75) is 39.5 Å². The molecule has 2 aliphatic heterocycles. The second-order valence-electron chi connectivity index (χ2n) is 13.8. The summed E-state index contributed by atoms with van der Waals surface area (Å²) in [6.45, 7) is 5.83. The van der Waals surface area contributed by atoms with Crippen LogP contribution in [-0.4, -0.2) is 57.1 Å². The summed E-state index contributed by atoms with van der Waals surface area (Å²) < 4.78 is 8.74. The molecule has 2 saturated heterocycles. The number of nitrogens with zero attached hydrogens (tertiary/aromatic N) is 4. The number of amides is 4. The van der Waals surface area contributed by atoms with E-state index in [9.17, 15) is 19.5 Å². The first-order valence-corrected chi connectivity index (χ1v) is 18.5. The van der Waals surface area contributed by atoms with Gasteiger partial charge in [0.1, 0.15) is 11.5 Å². The molecular formula is C37H34BrClN4O6S. The van der Waals surface area contributed by atoms with Gasteiger partial charge in [-0.15, -0.1) is 11.3 Å². The molecule has 258 valence electrons. The van der Waals surface area contributed by atoms with Crippen molar-refractivity contribution in [3.05, 3.63) is 68.7 Å². The molecule has 4 amide bonds. The van der Waals surface area contributed by atoms with Gasteiger partial charge < -0.3 is 9.84 Å². The topological polar surface area (TPSA) is 122 Å². The Bertz CT molecular complexity index is 2230. The molecule has 2 aromatic carbocycles. The van der Waals surface area contributed by atoms with Crippen molar-refractivity contribution in [1.82, 2.24) is 14.7 Å². The molecule has 3 fully saturated rings. The summed E-state index contributed by atoms with van der Waals surface area (Å²) in [6, 6.07) is 10.9. The molecule has 8 rings (SSSR count). The number of carbonyl (C=O) groups is 4. The van der Waals surface area contributed by atoms with Crippen LogP contribution >= 0.6 is 38.9 Å². The average molecular weight is 778 g/mol. The number of aromatic hydroxyl groups is 1. The molecule has 0 bridgehead atoms. The van der Waals surface area contributed by atoms with Crippen LogP contribution in [0.4, 0.5) is 5.82 Å². The molecule has 0 radical (unpaired) electrons. The third kappa shape index (κ3) is 4.40. The van der Waals surface area contributed by atoms with Gasteiger partial charge >= 0.3 is 0 Å². The molecule has 6 atom stereocenters. The van der Waals surface area contributed by atoms with Gasteiger partial charge in [-0.3, -0.25) is 28.8 Å². The van der Waals surface area contributed by atoms with Gasteiger partial charge in [0, 0.05) is 45.3 Å². The highest BCUT2D eigenvalue weighted by Gasteiger charge is 2.68. The number of halogens is 2. The van der Waals surface area contributed by atoms with Crippen molar-refractivity contribution in [2.75, 3.05) is 18.6 Å². The van der Waals surface area contributed by atoms with E-state index in [2.05, 4.69) is 15.9 Å². The number of phenolic OH excluding ortho intramolecular Hbond substituents is 1. The fraction of sp³-hybridized carbons (Fsp3) is 0.378. The van der Waals surface area contributed by atoms with Crippen molar-refractivity contribution in [2.24, 2.45) is 36.1 Å². The van der Waals surface area contributed by atoms with E-state index in [1.807, 2.05) is 31.2 Å². The molecular weight excluding hydrogens is 744 g/mol. The Morgan fingerprint density at radius 2 is 1.86 bits per heavy atom. The molecule has 4 aliphatic rings. The van der Waals surface area contributed by atoms with Gasteiger partial charge in [0.15, 0.2) is 11.5 Å². The number of likely N-dealkylation sites (tertiary alicyclic amines) is 1. The third-order valence-corrected chi connectivity index (χ3v) is 13.5. The van der Waals surface area contributed by atoms with Crippen LogP contribution in [0.2, 0.25) is 5.02 Å². The number of allylic oxidation sites excluding steroid dienone is 2. The van der Waals surface area contributed by atoms with Gasteiger partial charge in [0.05, 0.1) is 35.2 Å². The Morgan fingerprint density at radius 1 is 1.10 bits per heavy atom. The van der Waals surface area contributed by atoms with Crippen LogP contribution in [0.5, 0.6) is 11.5 Å². The third-order valence-electron chi connectivity index (χ3n) is 11.5. The molecule has 6 unspecified atom stereocenters. The van der Waals surface area contributed by atoms with Crippen molar-refractivity contribution < 1.29 is 29.0 Å². The number of aromatic nitrogens is 2. The van der Waals surface area contributed by atoms with E-state index in [0.29, 0.717) is 33.0 Å². The molecule has 1 N–H and O–H groups in total. The molecule has 2 aromatic heterocycles. The van der Waals surface area contributed by atoms with Gasteiger partial charge in [-0.1, -0.05) is 39.2 Å². The molecule has 1 saturated carbocycles. The first kappa shape index (κ1) is 33.2. The number of anilines is 1. The number of phenols is 1. The number of hydrogen-bond donors (Lipinski definition) is 1. The van der Waals surface area contributed by atoms with E-state index >= 15 is 4.79 Å². The average Bonchev–Trinajstić information content (AvgIpc) is 3.75. The second kappa shape index (κ2) is 11.5. The summed E-state index contributed by atoms with van der Waals surface area (Å²) >= 11 is 11.4. The van der Waals surface area contributed by atoms with E-state index in [-0.39, 0.29) is 36.3 Å². The van der Waals surface area contributed by atoms with Crippen LogP contribution in [0.25, 0.3) is 20.7 Å². The van der Waals surface area contributed by atoms with Gasteiger partial charge in [0.2, 0.25) is 23.6 Å². The van der Waals surface area contributed by atoms with E-state index in [0.717, 1.165) is 26.1 Å². The maximum atomic E-state index is 15.0. The molecule has 10 nitrogen and oxygen atoms in total. The fourth-order valence-corrected chi connectivity index (χ4v) is 10.9. The summed E-state index contributed by atoms with van der Waals surface area (Å²) in [5.74, 6) is -4.20. The van der Waals surface area contributed by atoms with Crippen molar-refractivity contribution in [3.63, 3.8) is 0 Å². The second-order valence-corrected chi connectivity index (χ2v) is 16.2. The standard InChI is InChI=1S/C37H34BrClN4O6S/c1-6-42-33(45)20-9-8-19-22(29(20)35(42)47)14-24-34(46)43(36(48)37(24,3)30(19)23-11-17(38)12-26(49-5)31(23)44)28-15-25(40-41(28)4)32-16(2)21-13-18(39)7-10-27(21)50-32/h7-8,10-13,15,20,22,24,29-30,44H,6,9,14H2,1-5H3. The zero-order chi connectivity index (χ0) is 35.5. The Kier molecular flexibility index (Phi) is 7.63. The Balaban J connectivity index is 1.28. The maximum absolute atomic E-state index is 15.0. The number of thiophene rings is 1. The summed E-state index contributed by atoms with van der Waals surface area (Å²) in [6.07, 6.45) is 2.51.